The average molecular weight is 351 g/mol. The SMILES string of the molecule is CCOc1ccc(/C=C2\SC(=O)N(CC(=O)OC)C2=O)cc1OC. The fourth-order valence-electron chi connectivity index (χ4n) is 2.03. The minimum Gasteiger partial charge on any atom is -0.493 e. The first-order chi connectivity index (χ1) is 11.5. The first-order valence-electron chi connectivity index (χ1n) is 7.13. The molecule has 1 fully saturated rings. The van der Waals surface area contributed by atoms with Crippen LogP contribution in [0.25, 0.3) is 6.08 Å². The Balaban J connectivity index is 2.24. The molecule has 0 aliphatic carbocycles. The number of carbonyl (C=O) groups is 3. The number of ether oxygens (including phenoxy) is 3. The lowest BCUT2D eigenvalue weighted by Crippen LogP contribution is -2.34. The summed E-state index contributed by atoms with van der Waals surface area (Å²) < 4.78 is 15.2. The highest BCUT2D eigenvalue weighted by molar-refractivity contribution is 8.18. The van der Waals surface area contributed by atoms with Crippen LogP contribution >= 0.6 is 11.8 Å². The van der Waals surface area contributed by atoms with E-state index in [0.29, 0.717) is 23.7 Å². The van der Waals surface area contributed by atoms with Crippen LogP contribution in [0, 0.1) is 0 Å². The molecule has 0 unspecified atom stereocenters. The third kappa shape index (κ3) is 3.88. The molecule has 0 atom stereocenters. The van der Waals surface area contributed by atoms with Crippen molar-refractivity contribution in [3.8, 4) is 11.5 Å². The van der Waals surface area contributed by atoms with Crippen LogP contribution in [0.4, 0.5) is 4.79 Å². The highest BCUT2D eigenvalue weighted by Crippen LogP contribution is 2.34. The summed E-state index contributed by atoms with van der Waals surface area (Å²) in [6, 6.07) is 5.19. The number of nitrogens with zero attached hydrogens (tertiary/aromatic N) is 1. The van der Waals surface area contributed by atoms with Crippen molar-refractivity contribution in [3.05, 3.63) is 28.7 Å². The molecule has 0 saturated carbocycles. The second kappa shape index (κ2) is 7.87. The monoisotopic (exact) mass is 351 g/mol. The van der Waals surface area contributed by atoms with Gasteiger partial charge in [-0.1, -0.05) is 6.07 Å². The average Bonchev–Trinajstić information content (AvgIpc) is 2.83. The van der Waals surface area contributed by atoms with Gasteiger partial charge in [-0.3, -0.25) is 19.3 Å². The summed E-state index contributed by atoms with van der Waals surface area (Å²) in [6.45, 7) is 1.97. The normalized spacial score (nSPS) is 15.8. The Morgan fingerprint density at radius 3 is 2.62 bits per heavy atom. The smallest absolute Gasteiger partial charge is 0.325 e. The van der Waals surface area contributed by atoms with E-state index in [-0.39, 0.29) is 4.91 Å². The summed E-state index contributed by atoms with van der Waals surface area (Å²) >= 11 is 0.776. The summed E-state index contributed by atoms with van der Waals surface area (Å²) in [5.74, 6) is -0.0557. The lowest BCUT2D eigenvalue weighted by Gasteiger charge is -2.10. The maximum Gasteiger partial charge on any atom is 0.325 e. The predicted molar refractivity (Wildman–Crippen MR) is 88.9 cm³/mol. The van der Waals surface area contributed by atoms with E-state index < -0.39 is 23.7 Å². The van der Waals surface area contributed by atoms with Crippen LogP contribution in [0.5, 0.6) is 11.5 Å². The van der Waals surface area contributed by atoms with Gasteiger partial charge in [0.05, 0.1) is 25.7 Å². The quantitative estimate of drug-likeness (QED) is 0.574. The highest BCUT2D eigenvalue weighted by Gasteiger charge is 2.36. The zero-order valence-electron chi connectivity index (χ0n) is 13.5. The van der Waals surface area contributed by atoms with Crippen LogP contribution in [0.15, 0.2) is 23.1 Å². The highest BCUT2D eigenvalue weighted by atomic mass is 32.2. The largest absolute Gasteiger partial charge is 0.493 e. The molecule has 1 aromatic rings. The van der Waals surface area contributed by atoms with Gasteiger partial charge in [0.15, 0.2) is 11.5 Å². The Morgan fingerprint density at radius 2 is 2.00 bits per heavy atom. The summed E-state index contributed by atoms with van der Waals surface area (Å²) in [5.41, 5.74) is 0.680. The Hall–Kier alpha value is -2.48. The molecular weight excluding hydrogens is 334 g/mol. The second-order valence-electron chi connectivity index (χ2n) is 4.69. The maximum absolute atomic E-state index is 12.2. The van der Waals surface area contributed by atoms with E-state index in [4.69, 9.17) is 9.47 Å². The van der Waals surface area contributed by atoms with Crippen LogP contribution in [-0.2, 0) is 14.3 Å². The van der Waals surface area contributed by atoms with Crippen molar-refractivity contribution in [1.82, 2.24) is 4.90 Å². The molecule has 1 aliphatic heterocycles. The maximum atomic E-state index is 12.2. The third-order valence-electron chi connectivity index (χ3n) is 3.17. The van der Waals surface area contributed by atoms with Crippen molar-refractivity contribution in [1.29, 1.82) is 0 Å². The topological polar surface area (TPSA) is 82.1 Å². The van der Waals surface area contributed by atoms with Crippen LogP contribution < -0.4 is 9.47 Å². The van der Waals surface area contributed by atoms with Crippen LogP contribution in [-0.4, -0.2) is 49.4 Å². The van der Waals surface area contributed by atoms with Crippen LogP contribution in [0.2, 0.25) is 0 Å². The number of hydrogen-bond acceptors (Lipinski definition) is 7. The zero-order chi connectivity index (χ0) is 17.7. The lowest BCUT2D eigenvalue weighted by molar-refractivity contribution is -0.143. The van der Waals surface area contributed by atoms with Gasteiger partial charge in [-0.2, -0.15) is 0 Å². The van der Waals surface area contributed by atoms with E-state index in [1.807, 2.05) is 6.92 Å². The van der Waals surface area contributed by atoms with Gasteiger partial charge in [-0.25, -0.2) is 0 Å². The third-order valence-corrected chi connectivity index (χ3v) is 4.08. The Morgan fingerprint density at radius 1 is 1.25 bits per heavy atom. The van der Waals surface area contributed by atoms with Gasteiger partial charge in [0.2, 0.25) is 0 Å². The number of thioether (sulfide) groups is 1. The zero-order valence-corrected chi connectivity index (χ0v) is 14.3. The molecular formula is C16H17NO6S. The van der Waals surface area contributed by atoms with Gasteiger partial charge in [-0.05, 0) is 42.5 Å². The first-order valence-corrected chi connectivity index (χ1v) is 7.94. The summed E-state index contributed by atoms with van der Waals surface area (Å²) in [7, 11) is 2.72. The van der Waals surface area contributed by atoms with Crippen LogP contribution in [0.1, 0.15) is 12.5 Å². The predicted octanol–water partition coefficient (Wildman–Crippen LogP) is 2.30. The van der Waals surface area contributed by atoms with E-state index in [1.165, 1.54) is 14.2 Å². The van der Waals surface area contributed by atoms with Gasteiger partial charge < -0.3 is 14.2 Å². The number of amides is 2. The van der Waals surface area contributed by atoms with Crippen molar-refractivity contribution in [2.24, 2.45) is 0 Å². The van der Waals surface area contributed by atoms with E-state index in [0.717, 1.165) is 16.7 Å². The molecule has 8 heteroatoms. The van der Waals surface area contributed by atoms with Crippen molar-refractivity contribution in [2.75, 3.05) is 27.4 Å². The molecule has 0 radical (unpaired) electrons. The number of methoxy groups -OCH3 is 2. The van der Waals surface area contributed by atoms with E-state index in [9.17, 15) is 14.4 Å². The Kier molecular flexibility index (Phi) is 5.86. The van der Waals surface area contributed by atoms with Gasteiger partial charge in [0, 0.05) is 0 Å². The fraction of sp³-hybridized carbons (Fsp3) is 0.312. The minimum absolute atomic E-state index is 0.232. The second-order valence-corrected chi connectivity index (χ2v) is 5.68. The Bertz CT molecular complexity index is 700. The minimum atomic E-state index is -0.652. The fourth-order valence-corrected chi connectivity index (χ4v) is 2.87. The molecule has 1 aliphatic rings. The van der Waals surface area contributed by atoms with E-state index in [2.05, 4.69) is 4.74 Å². The summed E-state index contributed by atoms with van der Waals surface area (Å²) in [5, 5.41) is -0.505. The molecule has 1 aromatic carbocycles. The molecule has 0 spiro atoms. The number of rotatable bonds is 6. The van der Waals surface area contributed by atoms with Gasteiger partial charge in [0.1, 0.15) is 6.54 Å². The molecule has 0 bridgehead atoms. The first kappa shape index (κ1) is 17.9. The molecule has 2 amide bonds. The molecule has 7 nitrogen and oxygen atoms in total. The van der Waals surface area contributed by atoms with Crippen molar-refractivity contribution in [2.45, 2.75) is 6.92 Å². The molecule has 0 N–H and O–H groups in total. The number of imide groups is 1. The number of hydrogen-bond donors (Lipinski definition) is 0. The summed E-state index contributed by atoms with van der Waals surface area (Å²) in [4.78, 5) is 36.5. The number of carbonyl (C=O) groups excluding carboxylic acids is 3. The van der Waals surface area contributed by atoms with E-state index >= 15 is 0 Å². The lowest BCUT2D eigenvalue weighted by atomic mass is 10.2. The van der Waals surface area contributed by atoms with E-state index in [1.54, 1.807) is 24.3 Å². The van der Waals surface area contributed by atoms with Crippen LogP contribution in [0.3, 0.4) is 0 Å². The molecule has 128 valence electrons. The standard InChI is InChI=1S/C16H17NO6S/c1-4-23-11-6-5-10(7-12(11)21-2)8-13-15(19)17(16(20)24-13)9-14(18)22-3/h5-8H,4,9H2,1-3H3/b13-8-. The van der Waals surface area contributed by atoms with Crippen molar-refractivity contribution in [3.63, 3.8) is 0 Å². The molecule has 24 heavy (non-hydrogen) atoms. The van der Waals surface area contributed by atoms with Gasteiger partial charge in [0.25, 0.3) is 11.1 Å². The van der Waals surface area contributed by atoms with Gasteiger partial charge in [-0.15, -0.1) is 0 Å². The van der Waals surface area contributed by atoms with Gasteiger partial charge >= 0.3 is 5.97 Å². The number of benzene rings is 1. The molecule has 1 heterocycles. The van der Waals surface area contributed by atoms with Crippen molar-refractivity contribution < 1.29 is 28.6 Å². The summed E-state index contributed by atoms with van der Waals surface area (Å²) in [6.07, 6.45) is 1.57. The molecule has 0 aromatic heterocycles. The Labute approximate surface area is 143 Å². The number of esters is 1. The molecule has 1 saturated heterocycles. The molecule has 2 rings (SSSR count). The van der Waals surface area contributed by atoms with Crippen molar-refractivity contribution >= 4 is 35.0 Å².